The summed E-state index contributed by atoms with van der Waals surface area (Å²) >= 11 is 1.28. The first-order valence-corrected chi connectivity index (χ1v) is 7.71. The Hall–Kier alpha value is -2.54. The lowest BCUT2D eigenvalue weighted by atomic mass is 10.2. The van der Waals surface area contributed by atoms with Gasteiger partial charge in [-0.1, -0.05) is 12.6 Å². The van der Waals surface area contributed by atoms with Crippen LogP contribution in [0.5, 0.6) is 11.5 Å². The Balaban J connectivity index is 2.24. The van der Waals surface area contributed by atoms with Crippen LogP contribution in [0.15, 0.2) is 23.0 Å². The molecule has 1 aromatic carbocycles. The monoisotopic (exact) mass is 335 g/mol. The Labute approximate surface area is 136 Å². The second-order valence-electron chi connectivity index (χ2n) is 4.49. The van der Waals surface area contributed by atoms with Gasteiger partial charge in [-0.2, -0.15) is 0 Å². The van der Waals surface area contributed by atoms with Crippen LogP contribution in [0.3, 0.4) is 0 Å². The summed E-state index contributed by atoms with van der Waals surface area (Å²) in [6, 6.07) is 5.17. The van der Waals surface area contributed by atoms with Gasteiger partial charge in [0, 0.05) is 0 Å². The fraction of sp³-hybridized carbons (Fsp3) is 0.250. The number of thiazole rings is 1. The summed E-state index contributed by atoms with van der Waals surface area (Å²) < 4.78 is 16.6. The lowest BCUT2D eigenvalue weighted by molar-refractivity contribution is -0.145. The lowest BCUT2D eigenvalue weighted by Crippen LogP contribution is -2.19. The van der Waals surface area contributed by atoms with Gasteiger partial charge in [-0.3, -0.25) is 4.79 Å². The first-order chi connectivity index (χ1) is 11.0. The first kappa shape index (κ1) is 16.8. The Morgan fingerprint density at radius 3 is 2.78 bits per heavy atom. The van der Waals surface area contributed by atoms with E-state index in [9.17, 15) is 9.59 Å². The van der Waals surface area contributed by atoms with Gasteiger partial charge in [0.15, 0.2) is 18.1 Å². The van der Waals surface area contributed by atoms with Crippen LogP contribution in [-0.2, 0) is 9.53 Å². The van der Waals surface area contributed by atoms with Crippen molar-refractivity contribution in [3.63, 3.8) is 0 Å². The molecule has 0 aliphatic heterocycles. The molecule has 7 heteroatoms. The van der Waals surface area contributed by atoms with E-state index in [0.717, 1.165) is 5.56 Å². The molecule has 0 radical (unpaired) electrons. The van der Waals surface area contributed by atoms with Crippen molar-refractivity contribution < 1.29 is 19.0 Å². The molecular formula is C16H17NO5S. The molecule has 2 rings (SSSR count). The number of aromatic nitrogens is 1. The quantitative estimate of drug-likeness (QED) is 0.784. The predicted molar refractivity (Wildman–Crippen MR) is 88.4 cm³/mol. The summed E-state index contributed by atoms with van der Waals surface area (Å²) in [5.74, 6) is 0.444. The van der Waals surface area contributed by atoms with Gasteiger partial charge in [0.25, 0.3) is 5.56 Å². The largest absolute Gasteiger partial charge is 0.493 e. The Bertz CT molecular complexity index is 852. The number of ether oxygens (including phenoxy) is 3. The van der Waals surface area contributed by atoms with Crippen molar-refractivity contribution >= 4 is 30.0 Å². The molecule has 0 fully saturated rings. The number of carbonyl (C=O) groups is 1. The average Bonchev–Trinajstić information content (AvgIpc) is 2.83. The van der Waals surface area contributed by atoms with Gasteiger partial charge >= 0.3 is 5.97 Å². The molecule has 0 saturated carbocycles. The van der Waals surface area contributed by atoms with Gasteiger partial charge in [0.2, 0.25) is 0 Å². The minimum absolute atomic E-state index is 0.179. The number of rotatable bonds is 6. The van der Waals surface area contributed by atoms with Gasteiger partial charge in [-0.15, -0.1) is 11.3 Å². The van der Waals surface area contributed by atoms with Crippen LogP contribution in [-0.4, -0.2) is 31.3 Å². The molecule has 0 saturated heterocycles. The Morgan fingerprint density at radius 1 is 1.39 bits per heavy atom. The van der Waals surface area contributed by atoms with E-state index in [2.05, 4.69) is 11.6 Å². The minimum atomic E-state index is -0.446. The number of hydrogen-bond donors (Lipinski definition) is 1. The number of carbonyl (C=O) groups excluding carboxylic acids is 1. The molecule has 6 nitrogen and oxygen atoms in total. The van der Waals surface area contributed by atoms with Crippen LogP contribution in [0.25, 0.3) is 12.7 Å². The zero-order valence-corrected chi connectivity index (χ0v) is 13.7. The maximum atomic E-state index is 11.7. The summed E-state index contributed by atoms with van der Waals surface area (Å²) in [7, 11) is 1.50. The Kier molecular flexibility index (Phi) is 5.59. The molecule has 0 atom stereocenters. The highest BCUT2D eigenvalue weighted by Crippen LogP contribution is 2.28. The molecule has 1 N–H and O–H groups in total. The van der Waals surface area contributed by atoms with E-state index in [1.54, 1.807) is 31.2 Å². The summed E-state index contributed by atoms with van der Waals surface area (Å²) in [5, 5.41) is 0. The van der Waals surface area contributed by atoms with E-state index < -0.39 is 5.97 Å². The fourth-order valence-corrected chi connectivity index (χ4v) is 2.62. The first-order valence-electron chi connectivity index (χ1n) is 6.89. The smallest absolute Gasteiger partial charge is 0.344 e. The summed E-state index contributed by atoms with van der Waals surface area (Å²) in [5.41, 5.74) is 0.597. The molecule has 0 spiro atoms. The zero-order valence-electron chi connectivity index (χ0n) is 12.9. The second kappa shape index (κ2) is 7.64. The van der Waals surface area contributed by atoms with Crippen LogP contribution in [0.1, 0.15) is 12.5 Å². The molecule has 0 aliphatic carbocycles. The van der Waals surface area contributed by atoms with E-state index in [-0.39, 0.29) is 12.2 Å². The maximum absolute atomic E-state index is 11.7. The van der Waals surface area contributed by atoms with Gasteiger partial charge in [-0.25, -0.2) is 4.79 Å². The topological polar surface area (TPSA) is 77.6 Å². The standard InChI is InChI=1S/C16H17NO5S/c1-4-21-15(18)9-22-12-6-5-11(7-13(12)20-3)8-14-16(19)17-10(2)23-14/h5-8H,2,4,9H2,1,3H3,(H,17,19)/b14-8-. The fourth-order valence-electron chi connectivity index (χ4n) is 1.87. The van der Waals surface area contributed by atoms with Crippen molar-refractivity contribution in [1.29, 1.82) is 0 Å². The van der Waals surface area contributed by atoms with Gasteiger partial charge in [0.1, 0.15) is 0 Å². The van der Waals surface area contributed by atoms with Crippen molar-refractivity contribution in [3.05, 3.63) is 43.3 Å². The van der Waals surface area contributed by atoms with Crippen LogP contribution in [0.4, 0.5) is 0 Å². The van der Waals surface area contributed by atoms with Crippen molar-refractivity contribution in [3.8, 4) is 11.5 Å². The molecule has 2 aromatic rings. The molecule has 0 amide bonds. The molecule has 122 valence electrons. The van der Waals surface area contributed by atoms with Crippen molar-refractivity contribution in [2.24, 2.45) is 0 Å². The van der Waals surface area contributed by atoms with Crippen LogP contribution >= 0.6 is 11.3 Å². The maximum Gasteiger partial charge on any atom is 0.344 e. The highest BCUT2D eigenvalue weighted by Gasteiger charge is 2.08. The minimum Gasteiger partial charge on any atom is -0.493 e. The third kappa shape index (κ3) is 4.46. The summed E-state index contributed by atoms with van der Waals surface area (Å²) in [6.45, 7) is 5.54. The Morgan fingerprint density at radius 2 is 2.17 bits per heavy atom. The van der Waals surface area contributed by atoms with E-state index in [1.807, 2.05) is 0 Å². The predicted octanol–water partition coefficient (Wildman–Crippen LogP) is 0.626. The van der Waals surface area contributed by atoms with Crippen molar-refractivity contribution in [1.82, 2.24) is 4.98 Å². The number of H-pyrrole nitrogens is 1. The number of benzene rings is 1. The third-order valence-electron chi connectivity index (χ3n) is 2.85. The average molecular weight is 335 g/mol. The number of aromatic amines is 1. The van der Waals surface area contributed by atoms with Crippen molar-refractivity contribution in [2.45, 2.75) is 6.92 Å². The normalized spacial score (nSPS) is 11.3. The molecule has 0 aliphatic rings. The van der Waals surface area contributed by atoms with E-state index in [4.69, 9.17) is 14.2 Å². The van der Waals surface area contributed by atoms with E-state index >= 15 is 0 Å². The summed E-state index contributed by atoms with van der Waals surface area (Å²) in [6.07, 6.45) is 1.73. The van der Waals surface area contributed by atoms with Gasteiger partial charge in [0.05, 0.1) is 22.9 Å². The molecule has 0 unspecified atom stereocenters. The zero-order chi connectivity index (χ0) is 16.8. The number of hydrogen-bond acceptors (Lipinski definition) is 6. The number of methoxy groups -OCH3 is 1. The highest BCUT2D eigenvalue weighted by molar-refractivity contribution is 7.07. The molecule has 23 heavy (non-hydrogen) atoms. The SMILES string of the molecule is C=c1[nH]c(=O)/c(=C/c2ccc(OCC(=O)OCC)c(OC)c2)s1. The molecule has 1 aromatic heterocycles. The van der Waals surface area contributed by atoms with E-state index in [0.29, 0.717) is 27.3 Å². The molecular weight excluding hydrogens is 318 g/mol. The highest BCUT2D eigenvalue weighted by atomic mass is 32.1. The summed E-state index contributed by atoms with van der Waals surface area (Å²) in [4.78, 5) is 25.6. The van der Waals surface area contributed by atoms with Crippen LogP contribution in [0, 0.1) is 0 Å². The van der Waals surface area contributed by atoms with Crippen molar-refractivity contribution in [2.75, 3.05) is 20.3 Å². The van der Waals surface area contributed by atoms with Crippen LogP contribution in [0.2, 0.25) is 0 Å². The number of nitrogens with one attached hydrogen (secondary N) is 1. The molecule has 1 heterocycles. The molecule has 0 bridgehead atoms. The van der Waals surface area contributed by atoms with Gasteiger partial charge in [-0.05, 0) is 30.7 Å². The van der Waals surface area contributed by atoms with Gasteiger partial charge < -0.3 is 19.2 Å². The lowest BCUT2D eigenvalue weighted by Gasteiger charge is -2.10. The van der Waals surface area contributed by atoms with E-state index in [1.165, 1.54) is 18.4 Å². The number of esters is 1. The van der Waals surface area contributed by atoms with Crippen LogP contribution < -0.4 is 24.2 Å². The third-order valence-corrected chi connectivity index (χ3v) is 3.72. The second-order valence-corrected chi connectivity index (χ2v) is 5.63.